The summed E-state index contributed by atoms with van der Waals surface area (Å²) < 4.78 is 0. The van der Waals surface area contributed by atoms with Crippen LogP contribution in [0.5, 0.6) is 5.88 Å². The Bertz CT molecular complexity index is 949. The minimum Gasteiger partial charge on any atom is -0.288 e. The summed E-state index contributed by atoms with van der Waals surface area (Å²) in [6.45, 7) is 5.88. The van der Waals surface area contributed by atoms with Crippen molar-refractivity contribution < 1.29 is 14.6 Å². The second-order valence-electron chi connectivity index (χ2n) is 6.71. The fraction of sp³-hybridized carbons (Fsp3) is 0.211. The Morgan fingerprint density at radius 3 is 2.62 bits per heavy atom. The normalized spacial score (nSPS) is 11.2. The summed E-state index contributed by atoms with van der Waals surface area (Å²) in [6.07, 6.45) is 0.785. The molecule has 0 bridgehead atoms. The molecule has 1 heterocycles. The number of rotatable bonds is 3. The van der Waals surface area contributed by atoms with Gasteiger partial charge in [0.15, 0.2) is 0 Å². The van der Waals surface area contributed by atoms with Crippen LogP contribution in [0.4, 0.5) is 10.5 Å². The van der Waals surface area contributed by atoms with Crippen LogP contribution in [0.15, 0.2) is 48.7 Å². The van der Waals surface area contributed by atoms with Gasteiger partial charge in [-0.15, -0.1) is 0 Å². The fourth-order valence-corrected chi connectivity index (χ4v) is 2.59. The van der Waals surface area contributed by atoms with Gasteiger partial charge in [0, 0.05) is 17.1 Å². The molecule has 26 heavy (non-hydrogen) atoms. The lowest BCUT2D eigenvalue weighted by molar-refractivity contribution is -0.141. The van der Waals surface area contributed by atoms with Crippen molar-refractivity contribution in [2.24, 2.45) is 0 Å². The number of carbonyl (C=O) groups excluding carboxylic acids is 1. The van der Waals surface area contributed by atoms with E-state index in [2.05, 4.69) is 15.3 Å². The molecule has 3 aromatic rings. The Kier molecular flexibility index (Phi) is 4.95. The van der Waals surface area contributed by atoms with Crippen molar-refractivity contribution in [1.82, 2.24) is 9.97 Å². The van der Waals surface area contributed by atoms with Gasteiger partial charge in [-0.2, -0.15) is 4.98 Å². The highest BCUT2D eigenvalue weighted by Gasteiger charge is 2.23. The fourth-order valence-electron chi connectivity index (χ4n) is 2.47. The number of hydrogen-bond acceptors (Lipinski definition) is 5. The van der Waals surface area contributed by atoms with Crippen molar-refractivity contribution >= 4 is 34.2 Å². The van der Waals surface area contributed by atoms with Crippen LogP contribution in [-0.4, -0.2) is 16.1 Å². The monoisotopic (exact) mass is 371 g/mol. The van der Waals surface area contributed by atoms with Gasteiger partial charge in [-0.3, -0.25) is 10.2 Å². The highest BCUT2D eigenvalue weighted by Crippen LogP contribution is 2.30. The number of anilines is 1. The van der Waals surface area contributed by atoms with Crippen LogP contribution in [0.1, 0.15) is 26.3 Å². The SMILES string of the molecule is CC(C)(C)c1cnc(Cl)nc1OOC(=O)Nc1cccc2ccccc12. The van der Waals surface area contributed by atoms with Crippen LogP contribution in [-0.2, 0) is 10.3 Å². The molecule has 1 N–H and O–H groups in total. The smallest absolute Gasteiger partial charge is 0.288 e. The zero-order valence-corrected chi connectivity index (χ0v) is 15.4. The summed E-state index contributed by atoms with van der Waals surface area (Å²) in [5.74, 6) is 0.102. The molecule has 1 aromatic heterocycles. The van der Waals surface area contributed by atoms with Crippen LogP contribution >= 0.6 is 11.6 Å². The number of carbonyl (C=O) groups is 1. The van der Waals surface area contributed by atoms with Crippen molar-refractivity contribution in [3.63, 3.8) is 0 Å². The second kappa shape index (κ2) is 7.17. The van der Waals surface area contributed by atoms with E-state index in [1.54, 1.807) is 12.3 Å². The Balaban J connectivity index is 1.75. The van der Waals surface area contributed by atoms with Crippen molar-refractivity contribution in [3.8, 4) is 5.88 Å². The molecule has 0 fully saturated rings. The molecular formula is C19H18ClN3O3. The van der Waals surface area contributed by atoms with Crippen LogP contribution < -0.4 is 10.2 Å². The van der Waals surface area contributed by atoms with E-state index in [4.69, 9.17) is 21.4 Å². The second-order valence-corrected chi connectivity index (χ2v) is 7.05. The molecule has 0 spiro atoms. The molecular weight excluding hydrogens is 354 g/mol. The Hall–Kier alpha value is -2.86. The highest BCUT2D eigenvalue weighted by molar-refractivity contribution is 6.28. The zero-order chi connectivity index (χ0) is 18.7. The van der Waals surface area contributed by atoms with Crippen molar-refractivity contribution in [2.75, 3.05) is 5.32 Å². The first-order valence-electron chi connectivity index (χ1n) is 8.01. The lowest BCUT2D eigenvalue weighted by Crippen LogP contribution is -2.20. The Morgan fingerprint density at radius 1 is 1.12 bits per heavy atom. The number of aromatic nitrogens is 2. The molecule has 134 valence electrons. The summed E-state index contributed by atoms with van der Waals surface area (Å²) in [4.78, 5) is 30.1. The molecule has 0 saturated heterocycles. The quantitative estimate of drug-likeness (QED) is 0.393. The maximum absolute atomic E-state index is 12.1. The summed E-state index contributed by atoms with van der Waals surface area (Å²) in [5.41, 5.74) is 0.975. The van der Waals surface area contributed by atoms with Crippen LogP contribution in [0, 0.1) is 0 Å². The Morgan fingerprint density at radius 2 is 1.85 bits per heavy atom. The molecule has 0 radical (unpaired) electrons. The predicted molar refractivity (Wildman–Crippen MR) is 100 cm³/mol. The standard InChI is InChI=1S/C19H18ClN3O3/c1-19(2,3)14-11-21-17(20)23-16(14)25-26-18(24)22-15-10-6-8-12-7-4-5-9-13(12)15/h4-11H,1-3H3,(H,22,24). The molecule has 7 heteroatoms. The predicted octanol–water partition coefficient (Wildman–Crippen LogP) is 5.12. The van der Waals surface area contributed by atoms with Gasteiger partial charge in [0.1, 0.15) is 0 Å². The lowest BCUT2D eigenvalue weighted by atomic mass is 9.89. The summed E-state index contributed by atoms with van der Waals surface area (Å²) in [6, 6.07) is 13.3. The van der Waals surface area contributed by atoms with Crippen molar-refractivity contribution in [2.45, 2.75) is 26.2 Å². The molecule has 0 unspecified atom stereocenters. The van der Waals surface area contributed by atoms with Gasteiger partial charge < -0.3 is 0 Å². The first-order valence-corrected chi connectivity index (χ1v) is 8.39. The highest BCUT2D eigenvalue weighted by atomic mass is 35.5. The van der Waals surface area contributed by atoms with E-state index in [0.717, 1.165) is 10.8 Å². The average Bonchev–Trinajstić information content (AvgIpc) is 2.59. The molecule has 0 aliphatic carbocycles. The van der Waals surface area contributed by atoms with E-state index in [0.29, 0.717) is 11.3 Å². The maximum atomic E-state index is 12.1. The van der Waals surface area contributed by atoms with Gasteiger partial charge in [-0.05, 0) is 28.5 Å². The number of nitrogens with one attached hydrogen (secondary N) is 1. The van der Waals surface area contributed by atoms with Crippen LogP contribution in [0.25, 0.3) is 10.8 Å². The van der Waals surface area contributed by atoms with Crippen LogP contribution in [0.3, 0.4) is 0 Å². The van der Waals surface area contributed by atoms with E-state index >= 15 is 0 Å². The number of fused-ring (bicyclic) bond motifs is 1. The van der Waals surface area contributed by atoms with E-state index in [1.165, 1.54) is 0 Å². The molecule has 2 aromatic carbocycles. The maximum Gasteiger partial charge on any atom is 0.454 e. The van der Waals surface area contributed by atoms with Crippen molar-refractivity contribution in [1.29, 1.82) is 0 Å². The van der Waals surface area contributed by atoms with Gasteiger partial charge in [0.2, 0.25) is 5.28 Å². The molecule has 0 atom stereocenters. The molecule has 3 rings (SSSR count). The summed E-state index contributed by atoms with van der Waals surface area (Å²) >= 11 is 5.82. The molecule has 0 aliphatic rings. The first kappa shape index (κ1) is 17.9. The van der Waals surface area contributed by atoms with Crippen molar-refractivity contribution in [3.05, 3.63) is 59.5 Å². The van der Waals surface area contributed by atoms with E-state index < -0.39 is 6.09 Å². The average molecular weight is 372 g/mol. The molecule has 1 amide bonds. The third-order valence-corrected chi connectivity index (χ3v) is 3.94. The third kappa shape index (κ3) is 4.03. The molecule has 0 aliphatic heterocycles. The summed E-state index contributed by atoms with van der Waals surface area (Å²) in [5, 5.41) is 4.57. The van der Waals surface area contributed by atoms with Gasteiger partial charge in [0.05, 0.1) is 5.69 Å². The van der Waals surface area contributed by atoms with Gasteiger partial charge in [-0.1, -0.05) is 57.2 Å². The number of amides is 1. The van der Waals surface area contributed by atoms with Gasteiger partial charge in [0.25, 0.3) is 5.88 Å². The first-order chi connectivity index (χ1) is 12.3. The van der Waals surface area contributed by atoms with E-state index in [1.807, 2.05) is 57.2 Å². The third-order valence-electron chi connectivity index (χ3n) is 3.76. The van der Waals surface area contributed by atoms with E-state index in [9.17, 15) is 4.79 Å². The zero-order valence-electron chi connectivity index (χ0n) is 14.6. The summed E-state index contributed by atoms with van der Waals surface area (Å²) in [7, 11) is 0. The van der Waals surface area contributed by atoms with E-state index in [-0.39, 0.29) is 16.6 Å². The molecule has 0 saturated carbocycles. The number of hydrogen-bond donors (Lipinski definition) is 1. The van der Waals surface area contributed by atoms with Crippen LogP contribution in [0.2, 0.25) is 5.28 Å². The molecule has 6 nitrogen and oxygen atoms in total. The number of nitrogens with zero attached hydrogens (tertiary/aromatic N) is 2. The Labute approximate surface area is 156 Å². The van der Waals surface area contributed by atoms with Gasteiger partial charge in [-0.25, -0.2) is 14.7 Å². The number of benzene rings is 2. The lowest BCUT2D eigenvalue weighted by Gasteiger charge is -2.20. The topological polar surface area (TPSA) is 73.3 Å². The minimum absolute atomic E-state index is 0.00561. The number of halogens is 1. The minimum atomic E-state index is -0.768. The largest absolute Gasteiger partial charge is 0.454 e. The van der Waals surface area contributed by atoms with Gasteiger partial charge >= 0.3 is 6.09 Å².